The summed E-state index contributed by atoms with van der Waals surface area (Å²) >= 11 is 0. The summed E-state index contributed by atoms with van der Waals surface area (Å²) in [5.41, 5.74) is 0.200. The van der Waals surface area contributed by atoms with Crippen molar-refractivity contribution in [1.29, 1.82) is 0 Å². The fourth-order valence-corrected chi connectivity index (χ4v) is 2.40. The van der Waals surface area contributed by atoms with Crippen molar-refractivity contribution in [1.82, 2.24) is 5.32 Å². The van der Waals surface area contributed by atoms with E-state index in [2.05, 4.69) is 5.32 Å². The molecule has 5 nitrogen and oxygen atoms in total. The van der Waals surface area contributed by atoms with Gasteiger partial charge in [-0.3, -0.25) is 4.79 Å². The van der Waals surface area contributed by atoms with Gasteiger partial charge in [0.1, 0.15) is 18.2 Å². The maximum absolute atomic E-state index is 13.6. The van der Waals surface area contributed by atoms with E-state index >= 15 is 0 Å². The van der Waals surface area contributed by atoms with Crippen LogP contribution >= 0.6 is 0 Å². The molecule has 1 aromatic carbocycles. The van der Waals surface area contributed by atoms with E-state index in [4.69, 9.17) is 9.47 Å². The minimum Gasteiger partial charge on any atom is -0.461 e. The monoisotopic (exact) mass is 297 g/mol. The van der Waals surface area contributed by atoms with Crippen LogP contribution in [0, 0.1) is 17.6 Å². The molecule has 1 heterocycles. The van der Waals surface area contributed by atoms with Gasteiger partial charge in [0.05, 0.1) is 12.5 Å². The van der Waals surface area contributed by atoms with Gasteiger partial charge in [0, 0.05) is 5.92 Å². The summed E-state index contributed by atoms with van der Waals surface area (Å²) in [6, 6.07) is 3.20. The predicted octanol–water partition coefficient (Wildman–Crippen LogP) is 1.72. The molecular formula is C14H13F2NO4. The zero-order valence-electron chi connectivity index (χ0n) is 11.0. The summed E-state index contributed by atoms with van der Waals surface area (Å²) in [5.74, 6) is -2.35. The molecule has 7 heteroatoms. The Labute approximate surface area is 119 Å². The molecule has 0 bridgehead atoms. The van der Waals surface area contributed by atoms with E-state index in [0.29, 0.717) is 13.0 Å². The van der Waals surface area contributed by atoms with Crippen molar-refractivity contribution in [3.63, 3.8) is 0 Å². The van der Waals surface area contributed by atoms with Crippen LogP contribution in [0.15, 0.2) is 18.2 Å². The predicted molar refractivity (Wildman–Crippen MR) is 66.4 cm³/mol. The highest BCUT2D eigenvalue weighted by Crippen LogP contribution is 2.49. The number of benzene rings is 1. The summed E-state index contributed by atoms with van der Waals surface area (Å²) in [6.45, 7) is 0.255. The van der Waals surface area contributed by atoms with Gasteiger partial charge in [0.25, 0.3) is 0 Å². The number of halogens is 2. The molecule has 1 saturated heterocycles. The summed E-state index contributed by atoms with van der Waals surface area (Å²) in [6.07, 6.45) is -0.603. The third-order valence-corrected chi connectivity index (χ3v) is 3.61. The van der Waals surface area contributed by atoms with Gasteiger partial charge in [0.2, 0.25) is 0 Å². The summed E-state index contributed by atoms with van der Waals surface area (Å²) in [5, 5.41) is 2.44. The van der Waals surface area contributed by atoms with E-state index in [9.17, 15) is 18.4 Å². The number of hydrogen-bond donors (Lipinski definition) is 1. The van der Waals surface area contributed by atoms with Crippen LogP contribution in [0.5, 0.6) is 0 Å². The fourth-order valence-electron chi connectivity index (χ4n) is 2.40. The van der Waals surface area contributed by atoms with Crippen LogP contribution in [-0.2, 0) is 14.3 Å². The summed E-state index contributed by atoms with van der Waals surface area (Å²) < 4.78 is 36.6. The second-order valence-corrected chi connectivity index (χ2v) is 5.15. The molecule has 0 aromatic heterocycles. The molecule has 0 unspecified atom stereocenters. The molecule has 0 spiro atoms. The second-order valence-electron chi connectivity index (χ2n) is 5.15. The largest absolute Gasteiger partial charge is 0.461 e. The van der Waals surface area contributed by atoms with Gasteiger partial charge < -0.3 is 14.8 Å². The standard InChI is InChI=1S/C14H13F2NO4/c15-7-1-2-12(16)10(3-7)9-4-11(9)13(18)20-6-8-5-17-14(19)21-8/h1-3,8-9,11H,4-6H2,(H,17,19)/t8-,9-,11-/m1/s1. The van der Waals surface area contributed by atoms with E-state index in [1.54, 1.807) is 0 Å². The van der Waals surface area contributed by atoms with Crippen molar-refractivity contribution < 1.29 is 27.8 Å². The van der Waals surface area contributed by atoms with Gasteiger partial charge in [-0.2, -0.15) is 0 Å². The number of carbonyl (C=O) groups excluding carboxylic acids is 2. The first-order valence-electron chi connectivity index (χ1n) is 6.60. The number of carbonyl (C=O) groups is 2. The molecule has 2 aliphatic rings. The van der Waals surface area contributed by atoms with Crippen LogP contribution < -0.4 is 5.32 Å². The number of rotatable bonds is 4. The second kappa shape index (κ2) is 5.31. The summed E-state index contributed by atoms with van der Waals surface area (Å²) in [4.78, 5) is 22.6. The summed E-state index contributed by atoms with van der Waals surface area (Å²) in [7, 11) is 0. The highest BCUT2D eigenvalue weighted by atomic mass is 19.1. The number of amides is 1. The van der Waals surface area contributed by atoms with Gasteiger partial charge in [-0.15, -0.1) is 0 Å². The third kappa shape index (κ3) is 2.96. The van der Waals surface area contributed by atoms with E-state index in [0.717, 1.165) is 18.2 Å². The van der Waals surface area contributed by atoms with Crippen molar-refractivity contribution in [2.75, 3.05) is 13.2 Å². The average Bonchev–Trinajstić information content (AvgIpc) is 3.14. The molecule has 1 N–H and O–H groups in total. The zero-order chi connectivity index (χ0) is 15.0. The number of alkyl carbamates (subject to hydrolysis) is 1. The van der Waals surface area contributed by atoms with Crippen molar-refractivity contribution in [2.24, 2.45) is 5.92 Å². The minimum absolute atomic E-state index is 0.0353. The van der Waals surface area contributed by atoms with Gasteiger partial charge >= 0.3 is 12.1 Å². The lowest BCUT2D eigenvalue weighted by molar-refractivity contribution is -0.147. The normalized spacial score (nSPS) is 27.0. The van der Waals surface area contributed by atoms with Crippen LogP contribution in [0.4, 0.5) is 13.6 Å². The number of cyclic esters (lactones) is 1. The van der Waals surface area contributed by atoms with Gasteiger partial charge in [-0.05, 0) is 30.2 Å². The van der Waals surface area contributed by atoms with Crippen molar-refractivity contribution >= 4 is 12.1 Å². The number of nitrogens with one attached hydrogen (secondary N) is 1. The molecule has 1 amide bonds. The molecule has 1 saturated carbocycles. The van der Waals surface area contributed by atoms with E-state index in [-0.39, 0.29) is 18.1 Å². The number of esters is 1. The van der Waals surface area contributed by atoms with E-state index < -0.39 is 35.7 Å². The maximum atomic E-state index is 13.6. The molecule has 1 aromatic rings. The zero-order valence-corrected chi connectivity index (χ0v) is 11.0. The van der Waals surface area contributed by atoms with Crippen LogP contribution in [0.1, 0.15) is 17.9 Å². The Kier molecular flexibility index (Phi) is 3.48. The Balaban J connectivity index is 1.53. The van der Waals surface area contributed by atoms with E-state index in [1.165, 1.54) is 0 Å². The fraction of sp³-hybridized carbons (Fsp3) is 0.429. The SMILES string of the molecule is O=C1NC[C@H](COC(=O)[C@@H]2C[C@@H]2c2cc(F)ccc2F)O1. The molecule has 0 radical (unpaired) electrons. The van der Waals surface area contributed by atoms with Crippen LogP contribution in [0.3, 0.4) is 0 Å². The molecular weight excluding hydrogens is 284 g/mol. The minimum atomic E-state index is -0.540. The Morgan fingerprint density at radius 3 is 2.95 bits per heavy atom. The van der Waals surface area contributed by atoms with Crippen molar-refractivity contribution in [3.05, 3.63) is 35.4 Å². The molecule has 112 valence electrons. The molecule has 1 aliphatic heterocycles. The molecule has 3 rings (SSSR count). The highest BCUT2D eigenvalue weighted by molar-refractivity contribution is 5.77. The molecule has 21 heavy (non-hydrogen) atoms. The first kappa shape index (κ1) is 13.8. The highest BCUT2D eigenvalue weighted by Gasteiger charge is 2.46. The maximum Gasteiger partial charge on any atom is 0.407 e. The lowest BCUT2D eigenvalue weighted by Gasteiger charge is -2.09. The van der Waals surface area contributed by atoms with E-state index in [1.807, 2.05) is 0 Å². The first-order valence-corrected chi connectivity index (χ1v) is 6.60. The van der Waals surface area contributed by atoms with Gasteiger partial charge in [0.15, 0.2) is 6.10 Å². The van der Waals surface area contributed by atoms with Crippen molar-refractivity contribution in [3.8, 4) is 0 Å². The molecule has 1 aliphatic carbocycles. The number of hydrogen-bond acceptors (Lipinski definition) is 4. The topological polar surface area (TPSA) is 64.6 Å². The Morgan fingerprint density at radius 1 is 1.43 bits per heavy atom. The van der Waals surface area contributed by atoms with Crippen LogP contribution in [0.2, 0.25) is 0 Å². The lowest BCUT2D eigenvalue weighted by atomic mass is 10.1. The molecule has 2 fully saturated rings. The Bertz CT molecular complexity index is 592. The average molecular weight is 297 g/mol. The number of ether oxygens (including phenoxy) is 2. The third-order valence-electron chi connectivity index (χ3n) is 3.61. The lowest BCUT2D eigenvalue weighted by Crippen LogP contribution is -2.23. The van der Waals surface area contributed by atoms with Crippen LogP contribution in [0.25, 0.3) is 0 Å². The van der Waals surface area contributed by atoms with Crippen LogP contribution in [-0.4, -0.2) is 31.3 Å². The Hall–Kier alpha value is -2.18. The van der Waals surface area contributed by atoms with Crippen molar-refractivity contribution in [2.45, 2.75) is 18.4 Å². The quantitative estimate of drug-likeness (QED) is 0.859. The van der Waals surface area contributed by atoms with Gasteiger partial charge in [-0.25, -0.2) is 13.6 Å². The Morgan fingerprint density at radius 2 is 2.24 bits per heavy atom. The smallest absolute Gasteiger partial charge is 0.407 e. The first-order chi connectivity index (χ1) is 10.0. The van der Waals surface area contributed by atoms with Gasteiger partial charge in [-0.1, -0.05) is 0 Å². The molecule has 3 atom stereocenters.